The van der Waals surface area contributed by atoms with Crippen LogP contribution < -0.4 is 0 Å². The van der Waals surface area contributed by atoms with Crippen molar-refractivity contribution in [2.75, 3.05) is 0 Å². The number of aromatic nitrogens is 2. The van der Waals surface area contributed by atoms with E-state index in [0.717, 1.165) is 16.5 Å². The van der Waals surface area contributed by atoms with Crippen LogP contribution in [0.3, 0.4) is 0 Å². The Morgan fingerprint density at radius 1 is 1.35 bits per heavy atom. The van der Waals surface area contributed by atoms with Crippen molar-refractivity contribution >= 4 is 27.2 Å². The van der Waals surface area contributed by atoms with Crippen molar-refractivity contribution in [3.8, 4) is 0 Å². The van der Waals surface area contributed by atoms with E-state index in [4.69, 9.17) is 0 Å². The number of benzene rings is 1. The largest absolute Gasteiger partial charge is 0.286 e. The summed E-state index contributed by atoms with van der Waals surface area (Å²) in [4.78, 5) is 13.1. The number of aryl methyl sites for hydroxylation is 1. The number of carbonyl (C=O) groups excluding carboxylic acids is 1. The van der Waals surface area contributed by atoms with Gasteiger partial charge in [-0.2, -0.15) is 5.10 Å². The number of ketones is 1. The molecule has 0 saturated heterocycles. The average molecular weight is 288 g/mol. The van der Waals surface area contributed by atoms with Gasteiger partial charge in [-0.15, -0.1) is 11.3 Å². The van der Waals surface area contributed by atoms with Crippen LogP contribution in [0.5, 0.6) is 0 Å². The van der Waals surface area contributed by atoms with E-state index in [-0.39, 0.29) is 11.6 Å². The summed E-state index contributed by atoms with van der Waals surface area (Å²) < 4.78 is 15.8. The highest BCUT2D eigenvalue weighted by atomic mass is 32.1. The molecule has 0 radical (unpaired) electrons. The van der Waals surface area contributed by atoms with Crippen LogP contribution in [0.25, 0.3) is 10.1 Å². The van der Waals surface area contributed by atoms with Gasteiger partial charge < -0.3 is 0 Å². The van der Waals surface area contributed by atoms with E-state index in [9.17, 15) is 9.18 Å². The first-order valence-corrected chi connectivity index (χ1v) is 7.26. The van der Waals surface area contributed by atoms with E-state index in [1.807, 2.05) is 6.92 Å². The Balaban J connectivity index is 2.01. The summed E-state index contributed by atoms with van der Waals surface area (Å²) in [6.07, 6.45) is 2.55. The number of hydrogen-bond donors (Lipinski definition) is 0. The lowest BCUT2D eigenvalue weighted by molar-refractivity contribution is 0.103. The number of nitrogens with zero attached hydrogens (tertiary/aromatic N) is 2. The summed E-state index contributed by atoms with van der Waals surface area (Å²) in [6.45, 7) is 2.76. The first kappa shape index (κ1) is 13.0. The van der Waals surface area contributed by atoms with E-state index in [2.05, 4.69) is 5.10 Å². The van der Waals surface area contributed by atoms with Crippen molar-refractivity contribution in [1.82, 2.24) is 9.78 Å². The second-order valence-electron chi connectivity index (χ2n) is 4.56. The molecular formula is C15H13FN2OS. The quantitative estimate of drug-likeness (QED) is 0.683. The highest BCUT2D eigenvalue weighted by Crippen LogP contribution is 2.28. The summed E-state index contributed by atoms with van der Waals surface area (Å²) in [7, 11) is 0. The molecule has 2 aromatic heterocycles. The molecule has 0 bridgehead atoms. The molecule has 0 atom stereocenters. The van der Waals surface area contributed by atoms with Gasteiger partial charge in [0.1, 0.15) is 11.5 Å². The Morgan fingerprint density at radius 2 is 2.20 bits per heavy atom. The van der Waals surface area contributed by atoms with Gasteiger partial charge in [0, 0.05) is 17.4 Å². The van der Waals surface area contributed by atoms with Gasteiger partial charge in [0.25, 0.3) is 0 Å². The van der Waals surface area contributed by atoms with Crippen molar-refractivity contribution in [3.05, 3.63) is 52.9 Å². The fraction of sp³-hybridized carbons (Fsp3) is 0.200. The van der Waals surface area contributed by atoms with E-state index in [1.165, 1.54) is 23.5 Å². The number of fused-ring (bicyclic) bond motifs is 1. The third-order valence-corrected chi connectivity index (χ3v) is 4.20. The number of halogens is 1. The van der Waals surface area contributed by atoms with Crippen LogP contribution >= 0.6 is 11.3 Å². The molecule has 0 saturated carbocycles. The Morgan fingerprint density at radius 3 is 3.00 bits per heavy atom. The van der Waals surface area contributed by atoms with E-state index in [1.54, 1.807) is 29.1 Å². The fourth-order valence-corrected chi connectivity index (χ4v) is 3.16. The third kappa shape index (κ3) is 2.25. The van der Waals surface area contributed by atoms with Crippen LogP contribution in [0.15, 0.2) is 36.5 Å². The van der Waals surface area contributed by atoms with Gasteiger partial charge in [-0.25, -0.2) is 4.39 Å². The maximum atomic E-state index is 13.2. The lowest BCUT2D eigenvalue weighted by Crippen LogP contribution is -2.10. The Labute approximate surface area is 119 Å². The second-order valence-corrected chi connectivity index (χ2v) is 5.65. The summed E-state index contributed by atoms with van der Waals surface area (Å²) in [5, 5.41) is 4.92. The molecule has 0 aliphatic heterocycles. The average Bonchev–Trinajstić information content (AvgIpc) is 3.04. The maximum Gasteiger partial charge on any atom is 0.220 e. The van der Waals surface area contributed by atoms with Crippen molar-refractivity contribution in [1.29, 1.82) is 0 Å². The van der Waals surface area contributed by atoms with Gasteiger partial charge in [0.15, 0.2) is 0 Å². The minimum absolute atomic E-state index is 0.0578. The zero-order valence-corrected chi connectivity index (χ0v) is 11.8. The topological polar surface area (TPSA) is 34.9 Å². The first-order valence-electron chi connectivity index (χ1n) is 6.44. The van der Waals surface area contributed by atoms with Crippen molar-refractivity contribution in [2.24, 2.45) is 0 Å². The maximum absolute atomic E-state index is 13.2. The standard InChI is InChI=1S/C15H13FN2OS/c1-2-7-18-12(5-6-17-18)15(19)14-9-10-8-11(16)3-4-13(10)20-14/h3-6,8-9H,2,7H2,1H3. The smallest absolute Gasteiger partial charge is 0.220 e. The molecule has 5 heteroatoms. The molecule has 3 rings (SSSR count). The zero-order chi connectivity index (χ0) is 14.1. The van der Waals surface area contributed by atoms with Gasteiger partial charge in [0.2, 0.25) is 5.78 Å². The number of hydrogen-bond acceptors (Lipinski definition) is 3. The first-order chi connectivity index (χ1) is 9.69. The molecule has 1 aromatic carbocycles. The predicted octanol–water partition coefficient (Wildman–Crippen LogP) is 3.88. The van der Waals surface area contributed by atoms with Gasteiger partial charge in [-0.05, 0) is 42.1 Å². The van der Waals surface area contributed by atoms with Crippen LogP contribution in [-0.4, -0.2) is 15.6 Å². The molecule has 0 spiro atoms. The fourth-order valence-electron chi connectivity index (χ4n) is 2.17. The van der Waals surface area contributed by atoms with Gasteiger partial charge in [-0.3, -0.25) is 9.48 Å². The second kappa shape index (κ2) is 5.17. The molecule has 20 heavy (non-hydrogen) atoms. The Hall–Kier alpha value is -2.01. The SMILES string of the molecule is CCCn1nccc1C(=O)c1cc2cc(F)ccc2s1. The minimum Gasteiger partial charge on any atom is -0.286 e. The van der Waals surface area contributed by atoms with E-state index >= 15 is 0 Å². The zero-order valence-electron chi connectivity index (χ0n) is 11.0. The summed E-state index contributed by atoms with van der Waals surface area (Å²) in [6, 6.07) is 8.04. The summed E-state index contributed by atoms with van der Waals surface area (Å²) in [5.41, 5.74) is 0.582. The van der Waals surface area contributed by atoms with Crippen molar-refractivity contribution in [3.63, 3.8) is 0 Å². The highest BCUT2D eigenvalue weighted by Gasteiger charge is 2.16. The van der Waals surface area contributed by atoms with Crippen LogP contribution in [0.4, 0.5) is 4.39 Å². The third-order valence-electron chi connectivity index (χ3n) is 3.09. The number of thiophene rings is 1. The molecule has 0 fully saturated rings. The minimum atomic E-state index is -0.287. The Kier molecular flexibility index (Phi) is 3.36. The lowest BCUT2D eigenvalue weighted by atomic mass is 10.2. The predicted molar refractivity (Wildman–Crippen MR) is 77.7 cm³/mol. The molecule has 0 N–H and O–H groups in total. The highest BCUT2D eigenvalue weighted by molar-refractivity contribution is 7.21. The van der Waals surface area contributed by atoms with Crippen LogP contribution in [-0.2, 0) is 6.54 Å². The van der Waals surface area contributed by atoms with Gasteiger partial charge >= 0.3 is 0 Å². The number of rotatable bonds is 4. The van der Waals surface area contributed by atoms with Crippen LogP contribution in [0, 0.1) is 5.82 Å². The monoisotopic (exact) mass is 288 g/mol. The summed E-state index contributed by atoms with van der Waals surface area (Å²) in [5.74, 6) is -0.345. The van der Waals surface area contributed by atoms with Crippen molar-refractivity contribution < 1.29 is 9.18 Å². The molecule has 0 unspecified atom stereocenters. The Bertz CT molecular complexity index is 775. The molecule has 102 valence electrons. The van der Waals surface area contributed by atoms with Gasteiger partial charge in [0.05, 0.1) is 4.88 Å². The lowest BCUT2D eigenvalue weighted by Gasteiger charge is -2.03. The van der Waals surface area contributed by atoms with E-state index in [0.29, 0.717) is 17.1 Å². The molecule has 0 aliphatic rings. The number of carbonyl (C=O) groups is 1. The summed E-state index contributed by atoms with van der Waals surface area (Å²) >= 11 is 1.38. The van der Waals surface area contributed by atoms with Gasteiger partial charge in [-0.1, -0.05) is 6.92 Å². The van der Waals surface area contributed by atoms with Crippen molar-refractivity contribution in [2.45, 2.75) is 19.9 Å². The normalized spacial score (nSPS) is 11.1. The van der Waals surface area contributed by atoms with Crippen LogP contribution in [0.1, 0.15) is 28.7 Å². The van der Waals surface area contributed by atoms with E-state index < -0.39 is 0 Å². The molecule has 0 aliphatic carbocycles. The molecule has 3 aromatic rings. The van der Waals surface area contributed by atoms with Crippen LogP contribution in [0.2, 0.25) is 0 Å². The molecule has 3 nitrogen and oxygen atoms in total. The molecule has 2 heterocycles. The molecular weight excluding hydrogens is 275 g/mol. The molecule has 0 amide bonds.